The highest BCUT2D eigenvalue weighted by Crippen LogP contribution is 2.41. The van der Waals surface area contributed by atoms with Crippen LogP contribution in [-0.4, -0.2) is 107 Å². The Morgan fingerprint density at radius 3 is 2.12 bits per heavy atom. The second-order valence-corrected chi connectivity index (χ2v) is 11.1. The summed E-state index contributed by atoms with van der Waals surface area (Å²) >= 11 is -2.61. The number of ether oxygens (including phenoxy) is 3. The molecule has 41 heavy (non-hydrogen) atoms. The molecular formula is C29H40N4O7S. The van der Waals surface area contributed by atoms with E-state index in [0.29, 0.717) is 45.2 Å². The van der Waals surface area contributed by atoms with Crippen LogP contribution in [0.5, 0.6) is 5.75 Å². The minimum absolute atomic E-state index is 0.139. The summed E-state index contributed by atoms with van der Waals surface area (Å²) in [6.45, 7) is 1.29. The number of methoxy groups -OCH3 is 3. The summed E-state index contributed by atoms with van der Waals surface area (Å²) in [6.07, 6.45) is 2.98. The van der Waals surface area contributed by atoms with Crippen molar-refractivity contribution in [1.29, 1.82) is 0 Å². The number of hydrogen-bond donors (Lipinski definition) is 1. The van der Waals surface area contributed by atoms with E-state index in [1.165, 1.54) is 42.5 Å². The number of rotatable bonds is 16. The van der Waals surface area contributed by atoms with Gasteiger partial charge in [-0.25, -0.2) is 14.0 Å². The molecule has 11 nitrogen and oxygen atoms in total. The largest absolute Gasteiger partial charge is 0.497 e. The SMILES string of the molecule is COCCN(CCOC)C(=O)CN(N1CC(c2ccc(C3CC3)cc2)N(CCc2ccc(OC)cc2)C1=O)S(=O)O. The summed E-state index contributed by atoms with van der Waals surface area (Å²) in [5, 5.41) is 1.23. The summed E-state index contributed by atoms with van der Waals surface area (Å²) < 4.78 is 39.2. The smallest absolute Gasteiger partial charge is 0.336 e. The Kier molecular flexibility index (Phi) is 11.1. The second-order valence-electron chi connectivity index (χ2n) is 10.2. The first-order valence-corrected chi connectivity index (χ1v) is 14.9. The van der Waals surface area contributed by atoms with Crippen LogP contribution in [0.2, 0.25) is 0 Å². The lowest BCUT2D eigenvalue weighted by atomic mass is 10.0. The molecule has 0 bridgehead atoms. The average molecular weight is 589 g/mol. The lowest BCUT2D eigenvalue weighted by Crippen LogP contribution is -2.51. The molecule has 0 spiro atoms. The zero-order chi connectivity index (χ0) is 29.4. The fourth-order valence-electron chi connectivity index (χ4n) is 5.00. The number of hydrogen-bond acceptors (Lipinski definition) is 6. The van der Waals surface area contributed by atoms with E-state index in [-0.39, 0.29) is 12.6 Å². The Morgan fingerprint density at radius 2 is 1.59 bits per heavy atom. The monoisotopic (exact) mass is 588 g/mol. The van der Waals surface area contributed by atoms with Crippen LogP contribution in [0.4, 0.5) is 4.79 Å². The highest BCUT2D eigenvalue weighted by Gasteiger charge is 2.43. The van der Waals surface area contributed by atoms with Gasteiger partial charge in [-0.3, -0.25) is 9.35 Å². The molecule has 2 aromatic carbocycles. The fourth-order valence-corrected chi connectivity index (χ4v) is 5.52. The molecule has 1 heterocycles. The Balaban J connectivity index is 1.55. The molecule has 0 aromatic heterocycles. The van der Waals surface area contributed by atoms with Crippen LogP contribution in [-0.2, 0) is 32.0 Å². The summed E-state index contributed by atoms with van der Waals surface area (Å²) in [5.74, 6) is 0.951. The molecule has 4 rings (SSSR count). The fraction of sp³-hybridized carbons (Fsp3) is 0.517. The van der Waals surface area contributed by atoms with Gasteiger partial charge >= 0.3 is 6.03 Å². The Hall–Kier alpha value is -3.03. The van der Waals surface area contributed by atoms with E-state index in [4.69, 9.17) is 14.2 Å². The molecule has 1 N–H and O–H groups in total. The summed E-state index contributed by atoms with van der Waals surface area (Å²) in [7, 11) is 4.69. The molecule has 1 aliphatic carbocycles. The molecule has 2 atom stereocenters. The number of benzene rings is 2. The van der Waals surface area contributed by atoms with E-state index in [9.17, 15) is 18.4 Å². The minimum atomic E-state index is -2.61. The molecule has 2 unspecified atom stereocenters. The normalized spacial score (nSPS) is 17.8. The van der Waals surface area contributed by atoms with E-state index in [1.807, 2.05) is 36.4 Å². The average Bonchev–Trinajstić information content (AvgIpc) is 3.79. The van der Waals surface area contributed by atoms with Crippen LogP contribution >= 0.6 is 0 Å². The van der Waals surface area contributed by atoms with Crippen LogP contribution < -0.4 is 4.74 Å². The van der Waals surface area contributed by atoms with Crippen LogP contribution in [0.3, 0.4) is 0 Å². The second kappa shape index (κ2) is 14.7. The summed E-state index contributed by atoms with van der Waals surface area (Å²) in [5.41, 5.74) is 3.26. The van der Waals surface area contributed by atoms with Crippen molar-refractivity contribution in [3.8, 4) is 5.75 Å². The van der Waals surface area contributed by atoms with Crippen molar-refractivity contribution in [3.63, 3.8) is 0 Å². The molecule has 0 radical (unpaired) electrons. The maximum atomic E-state index is 13.8. The summed E-state index contributed by atoms with van der Waals surface area (Å²) in [4.78, 5) is 30.2. The van der Waals surface area contributed by atoms with Gasteiger partial charge in [0.15, 0.2) is 0 Å². The van der Waals surface area contributed by atoms with Gasteiger partial charge in [-0.05, 0) is 54.0 Å². The zero-order valence-electron chi connectivity index (χ0n) is 23.9. The minimum Gasteiger partial charge on any atom is -0.497 e. The van der Waals surface area contributed by atoms with Crippen molar-refractivity contribution in [2.75, 3.05) is 67.3 Å². The van der Waals surface area contributed by atoms with Crippen LogP contribution in [0.25, 0.3) is 0 Å². The molecule has 12 heteroatoms. The number of urea groups is 1. The lowest BCUT2D eigenvalue weighted by Gasteiger charge is -2.30. The highest BCUT2D eigenvalue weighted by atomic mass is 32.2. The molecule has 2 aromatic rings. The molecule has 1 saturated heterocycles. The molecule has 2 fully saturated rings. The lowest BCUT2D eigenvalue weighted by molar-refractivity contribution is -0.134. The zero-order valence-corrected chi connectivity index (χ0v) is 24.8. The van der Waals surface area contributed by atoms with Crippen LogP contribution in [0, 0.1) is 0 Å². The van der Waals surface area contributed by atoms with Crippen molar-refractivity contribution in [2.24, 2.45) is 0 Å². The van der Waals surface area contributed by atoms with Crippen molar-refractivity contribution in [1.82, 2.24) is 19.2 Å². The number of hydrazine groups is 1. The Labute approximate surface area is 244 Å². The first kappa shape index (κ1) is 30.9. The van der Waals surface area contributed by atoms with Gasteiger partial charge in [-0.2, -0.15) is 0 Å². The molecule has 3 amide bonds. The predicted molar refractivity (Wildman–Crippen MR) is 154 cm³/mol. The summed E-state index contributed by atoms with van der Waals surface area (Å²) in [6, 6.07) is 15.2. The third-order valence-corrected chi connectivity index (χ3v) is 8.25. The Bertz CT molecular complexity index is 1170. The predicted octanol–water partition coefficient (Wildman–Crippen LogP) is 3.07. The van der Waals surface area contributed by atoms with Crippen molar-refractivity contribution in [3.05, 3.63) is 65.2 Å². The Morgan fingerprint density at radius 1 is 0.976 bits per heavy atom. The third-order valence-electron chi connectivity index (χ3n) is 7.56. The van der Waals surface area contributed by atoms with Gasteiger partial charge in [0.2, 0.25) is 5.91 Å². The van der Waals surface area contributed by atoms with Gasteiger partial charge < -0.3 is 24.0 Å². The maximum absolute atomic E-state index is 13.8. The molecule has 1 saturated carbocycles. The maximum Gasteiger partial charge on any atom is 0.336 e. The van der Waals surface area contributed by atoms with Gasteiger partial charge in [-0.1, -0.05) is 40.8 Å². The van der Waals surface area contributed by atoms with E-state index in [0.717, 1.165) is 21.3 Å². The first-order valence-electron chi connectivity index (χ1n) is 13.8. The molecule has 2 aliphatic rings. The third kappa shape index (κ3) is 8.04. The number of carbonyl (C=O) groups excluding carboxylic acids is 2. The van der Waals surface area contributed by atoms with Crippen LogP contribution in [0.15, 0.2) is 48.5 Å². The van der Waals surface area contributed by atoms with Crippen LogP contribution in [0.1, 0.15) is 41.5 Å². The van der Waals surface area contributed by atoms with E-state index >= 15 is 0 Å². The standard InChI is InChI=1S/C29H40N4O7S/c1-38-18-16-30(17-19-39-2)28(34)21-33(41(36)37)32-20-27(25-10-8-24(9-11-25)23-6-7-23)31(29(32)35)15-14-22-4-12-26(40-3)13-5-22/h4-5,8-13,23,27H,6-7,14-21H2,1-3H3,(H,36,37). The van der Waals surface area contributed by atoms with E-state index < -0.39 is 29.7 Å². The molecule has 224 valence electrons. The molecular weight excluding hydrogens is 548 g/mol. The van der Waals surface area contributed by atoms with Gasteiger partial charge in [0.1, 0.15) is 12.3 Å². The van der Waals surface area contributed by atoms with Crippen molar-refractivity contribution in [2.45, 2.75) is 31.2 Å². The molecule has 1 aliphatic heterocycles. The number of amides is 3. The quantitative estimate of drug-likeness (QED) is 0.300. The van der Waals surface area contributed by atoms with Gasteiger partial charge in [0.05, 0.1) is 32.9 Å². The van der Waals surface area contributed by atoms with Gasteiger partial charge in [-0.15, -0.1) is 0 Å². The number of nitrogens with zero attached hydrogens (tertiary/aromatic N) is 4. The topological polar surface area (TPSA) is 112 Å². The van der Waals surface area contributed by atoms with Crippen molar-refractivity contribution >= 4 is 23.2 Å². The van der Waals surface area contributed by atoms with Crippen molar-refractivity contribution < 1.29 is 32.6 Å². The van der Waals surface area contributed by atoms with Gasteiger partial charge in [0.25, 0.3) is 11.3 Å². The first-order chi connectivity index (χ1) is 19.9. The van der Waals surface area contributed by atoms with Gasteiger partial charge in [0, 0.05) is 33.9 Å². The number of carbonyl (C=O) groups is 2. The highest BCUT2D eigenvalue weighted by molar-refractivity contribution is 7.76. The van der Waals surface area contributed by atoms with E-state index in [2.05, 4.69) is 12.1 Å². The van der Waals surface area contributed by atoms with E-state index in [1.54, 1.807) is 12.0 Å².